The fourth-order valence-electron chi connectivity index (χ4n) is 2.37. The summed E-state index contributed by atoms with van der Waals surface area (Å²) in [5.41, 5.74) is 1.89. The molecule has 5 nitrogen and oxygen atoms in total. The summed E-state index contributed by atoms with van der Waals surface area (Å²) in [5, 5.41) is 28.9. The highest BCUT2D eigenvalue weighted by Crippen LogP contribution is 2.14. The first-order valence-electron chi connectivity index (χ1n) is 7.95. The van der Waals surface area contributed by atoms with Crippen LogP contribution in [-0.2, 0) is 22.7 Å². The largest absolute Gasteiger partial charge is 0.394 e. The van der Waals surface area contributed by atoms with E-state index in [-0.39, 0.29) is 19.8 Å². The molecule has 0 spiro atoms. The predicted octanol–water partition coefficient (Wildman–Crippen LogP) is 1.50. The van der Waals surface area contributed by atoms with Gasteiger partial charge in [0.15, 0.2) is 0 Å². The Morgan fingerprint density at radius 3 is 1.67 bits per heavy atom. The smallest absolute Gasteiger partial charge is 0.114 e. The summed E-state index contributed by atoms with van der Waals surface area (Å²) in [6.45, 7) is -0.239. The predicted molar refractivity (Wildman–Crippen MR) is 90.2 cm³/mol. The third kappa shape index (κ3) is 5.70. The molecular weight excluding hydrogens is 308 g/mol. The van der Waals surface area contributed by atoms with E-state index in [0.29, 0.717) is 0 Å². The van der Waals surface area contributed by atoms with Crippen molar-refractivity contribution in [3.05, 3.63) is 71.8 Å². The second kappa shape index (κ2) is 10.2. The number of hydrogen-bond donors (Lipinski definition) is 3. The van der Waals surface area contributed by atoms with E-state index in [2.05, 4.69) is 0 Å². The molecular formula is C19H24O5. The van der Waals surface area contributed by atoms with Crippen LogP contribution in [0.15, 0.2) is 60.7 Å². The van der Waals surface area contributed by atoms with Gasteiger partial charge in [-0.1, -0.05) is 60.7 Å². The molecule has 130 valence electrons. The van der Waals surface area contributed by atoms with Crippen molar-refractivity contribution in [3.63, 3.8) is 0 Å². The van der Waals surface area contributed by atoms with E-state index >= 15 is 0 Å². The van der Waals surface area contributed by atoms with E-state index in [0.717, 1.165) is 11.1 Å². The highest BCUT2D eigenvalue weighted by atomic mass is 16.6. The average molecular weight is 332 g/mol. The Labute approximate surface area is 142 Å². The van der Waals surface area contributed by atoms with Crippen molar-refractivity contribution in [2.45, 2.75) is 31.5 Å². The van der Waals surface area contributed by atoms with Gasteiger partial charge in [-0.05, 0) is 11.1 Å². The first-order chi connectivity index (χ1) is 11.7. The van der Waals surface area contributed by atoms with Crippen LogP contribution in [0, 0.1) is 0 Å². The summed E-state index contributed by atoms with van der Waals surface area (Å²) in [6.07, 6.45) is -2.71. The molecule has 2 rings (SSSR count). The van der Waals surface area contributed by atoms with Crippen LogP contribution < -0.4 is 0 Å². The molecule has 0 radical (unpaired) electrons. The first-order valence-corrected chi connectivity index (χ1v) is 7.95. The van der Waals surface area contributed by atoms with Gasteiger partial charge in [0.25, 0.3) is 0 Å². The van der Waals surface area contributed by atoms with Gasteiger partial charge in [-0.15, -0.1) is 0 Å². The van der Waals surface area contributed by atoms with Crippen molar-refractivity contribution >= 4 is 0 Å². The van der Waals surface area contributed by atoms with Crippen molar-refractivity contribution in [3.8, 4) is 0 Å². The topological polar surface area (TPSA) is 79.2 Å². The van der Waals surface area contributed by atoms with Crippen molar-refractivity contribution in [2.24, 2.45) is 0 Å². The lowest BCUT2D eigenvalue weighted by Gasteiger charge is -2.29. The molecule has 24 heavy (non-hydrogen) atoms. The van der Waals surface area contributed by atoms with Crippen LogP contribution in [0.25, 0.3) is 0 Å². The molecule has 0 aliphatic heterocycles. The van der Waals surface area contributed by atoms with Crippen LogP contribution in [0.1, 0.15) is 11.1 Å². The zero-order valence-corrected chi connectivity index (χ0v) is 13.5. The lowest BCUT2D eigenvalue weighted by atomic mass is 10.1. The second-order valence-corrected chi connectivity index (χ2v) is 5.53. The van der Waals surface area contributed by atoms with Gasteiger partial charge < -0.3 is 24.8 Å². The summed E-state index contributed by atoms with van der Waals surface area (Å²) in [6, 6.07) is 19.0. The maximum Gasteiger partial charge on any atom is 0.114 e. The van der Waals surface area contributed by atoms with Crippen LogP contribution in [-0.4, -0.2) is 46.8 Å². The number of ether oxygens (including phenoxy) is 2. The molecule has 0 saturated heterocycles. The molecule has 0 aromatic heterocycles. The average Bonchev–Trinajstić information content (AvgIpc) is 2.65. The monoisotopic (exact) mass is 332 g/mol. The quantitative estimate of drug-likeness (QED) is 0.614. The summed E-state index contributed by atoms with van der Waals surface area (Å²) in [5.74, 6) is 0. The van der Waals surface area contributed by atoms with Gasteiger partial charge in [0, 0.05) is 0 Å². The van der Waals surface area contributed by atoms with Crippen LogP contribution >= 0.6 is 0 Å². The molecule has 0 bridgehead atoms. The maximum absolute atomic E-state index is 10.0. The lowest BCUT2D eigenvalue weighted by molar-refractivity contribution is -0.152. The van der Waals surface area contributed by atoms with Gasteiger partial charge in [-0.2, -0.15) is 0 Å². The van der Waals surface area contributed by atoms with Crippen molar-refractivity contribution < 1.29 is 24.8 Å². The Bertz CT molecular complexity index is 560. The van der Waals surface area contributed by atoms with Gasteiger partial charge in [0.2, 0.25) is 0 Å². The zero-order chi connectivity index (χ0) is 17.2. The standard InChI is InChI=1S/C19H24O5/c20-11-17(22)19(24-14-16-9-5-2-6-10-16)18(12-21)23-13-15-7-3-1-4-8-15/h1-10,17-22H,11-14H2/t17-,18-,19+/m0/s1. The molecule has 3 N–H and O–H groups in total. The van der Waals surface area contributed by atoms with Gasteiger partial charge in [-0.25, -0.2) is 0 Å². The number of aliphatic hydroxyl groups is 3. The van der Waals surface area contributed by atoms with Crippen LogP contribution in [0.4, 0.5) is 0 Å². The third-order valence-electron chi connectivity index (χ3n) is 3.70. The van der Waals surface area contributed by atoms with Crippen molar-refractivity contribution in [1.82, 2.24) is 0 Å². The van der Waals surface area contributed by atoms with Crippen LogP contribution in [0.5, 0.6) is 0 Å². The number of hydrogen-bond acceptors (Lipinski definition) is 5. The van der Waals surface area contributed by atoms with Crippen LogP contribution in [0.3, 0.4) is 0 Å². The Morgan fingerprint density at radius 2 is 1.21 bits per heavy atom. The molecule has 5 heteroatoms. The fourth-order valence-corrected chi connectivity index (χ4v) is 2.37. The molecule has 0 heterocycles. The van der Waals surface area contributed by atoms with E-state index < -0.39 is 24.9 Å². The molecule has 3 atom stereocenters. The third-order valence-corrected chi connectivity index (χ3v) is 3.70. The number of rotatable bonds is 10. The molecule has 0 aliphatic rings. The van der Waals surface area contributed by atoms with E-state index in [1.807, 2.05) is 60.7 Å². The Balaban J connectivity index is 1.97. The molecule has 0 amide bonds. The number of aliphatic hydroxyl groups excluding tert-OH is 3. The SMILES string of the molecule is OC[C@H](OCc1ccccc1)[C@H](OCc1ccccc1)[C@@H](O)CO. The summed E-state index contributed by atoms with van der Waals surface area (Å²) in [7, 11) is 0. The highest BCUT2D eigenvalue weighted by Gasteiger charge is 2.29. The number of benzene rings is 2. The van der Waals surface area contributed by atoms with E-state index in [1.165, 1.54) is 0 Å². The maximum atomic E-state index is 10.0. The van der Waals surface area contributed by atoms with Gasteiger partial charge in [0.05, 0.1) is 26.4 Å². The zero-order valence-electron chi connectivity index (χ0n) is 13.5. The molecule has 0 unspecified atom stereocenters. The minimum absolute atomic E-state index is 0.258. The molecule has 0 aliphatic carbocycles. The van der Waals surface area contributed by atoms with Crippen molar-refractivity contribution in [1.29, 1.82) is 0 Å². The van der Waals surface area contributed by atoms with E-state index in [4.69, 9.17) is 9.47 Å². The minimum Gasteiger partial charge on any atom is -0.394 e. The molecule has 0 fully saturated rings. The molecule has 2 aromatic carbocycles. The van der Waals surface area contributed by atoms with E-state index in [1.54, 1.807) is 0 Å². The van der Waals surface area contributed by atoms with Crippen LogP contribution in [0.2, 0.25) is 0 Å². The second-order valence-electron chi connectivity index (χ2n) is 5.53. The summed E-state index contributed by atoms with van der Waals surface area (Å²) in [4.78, 5) is 0. The Hall–Kier alpha value is -1.76. The normalized spacial score (nSPS) is 15.0. The lowest BCUT2D eigenvalue weighted by Crippen LogP contribution is -2.45. The minimum atomic E-state index is -1.14. The summed E-state index contributed by atoms with van der Waals surface area (Å²) >= 11 is 0. The highest BCUT2D eigenvalue weighted by molar-refractivity contribution is 5.14. The van der Waals surface area contributed by atoms with Gasteiger partial charge >= 0.3 is 0 Å². The molecule has 0 saturated carbocycles. The molecule has 2 aromatic rings. The Kier molecular flexibility index (Phi) is 7.88. The Morgan fingerprint density at radius 1 is 0.708 bits per heavy atom. The van der Waals surface area contributed by atoms with Crippen molar-refractivity contribution in [2.75, 3.05) is 13.2 Å². The van der Waals surface area contributed by atoms with Gasteiger partial charge in [-0.3, -0.25) is 0 Å². The first kappa shape index (κ1) is 18.6. The van der Waals surface area contributed by atoms with E-state index in [9.17, 15) is 15.3 Å². The van der Waals surface area contributed by atoms with Gasteiger partial charge in [0.1, 0.15) is 18.3 Å². The fraction of sp³-hybridized carbons (Fsp3) is 0.368. The summed E-state index contributed by atoms with van der Waals surface area (Å²) < 4.78 is 11.4.